The summed E-state index contributed by atoms with van der Waals surface area (Å²) in [5.41, 5.74) is 4.50. The van der Waals surface area contributed by atoms with E-state index in [1.54, 1.807) is 6.92 Å². The lowest BCUT2D eigenvalue weighted by Gasteiger charge is -1.97. The van der Waals surface area contributed by atoms with E-state index in [0.29, 0.717) is 6.42 Å². The summed E-state index contributed by atoms with van der Waals surface area (Å²) in [6.45, 7) is 1.57. The molecule has 0 heterocycles. The third kappa shape index (κ3) is 15.7. The largest absolute Gasteiger partial charge is 0.481 e. The molecule has 0 spiro atoms. The Morgan fingerprint density at radius 1 is 1.60 bits per heavy atom. The number of hydrogen-bond donors (Lipinski definition) is 3. The summed E-state index contributed by atoms with van der Waals surface area (Å²) in [5.74, 6) is -0.856. The second-order valence-electron chi connectivity index (χ2n) is 1.78. The van der Waals surface area contributed by atoms with Crippen molar-refractivity contribution in [1.29, 1.82) is 0 Å². The third-order valence-electron chi connectivity index (χ3n) is 0.776. The molecule has 4 N–H and O–H groups in total. The van der Waals surface area contributed by atoms with Gasteiger partial charge >= 0.3 is 5.97 Å². The summed E-state index contributed by atoms with van der Waals surface area (Å²) in [4.78, 5) is 9.79. The number of aliphatic hydroxyl groups excluding tert-OH is 1. The molecule has 1 atom stereocenters. The molecule has 0 aliphatic heterocycles. The number of aliphatic carboxylic acids is 1. The topological polar surface area (TPSA) is 83.5 Å². The lowest BCUT2D eigenvalue weighted by Crippen LogP contribution is -2.03. The SMILES string of the molecule is CC(O)CCC(=O)O.CN. The van der Waals surface area contributed by atoms with Gasteiger partial charge < -0.3 is 15.9 Å². The molecule has 0 aromatic heterocycles. The quantitative estimate of drug-likeness (QED) is 0.519. The number of carboxylic acid groups (broad SMARTS) is 1. The fraction of sp³-hybridized carbons (Fsp3) is 0.833. The van der Waals surface area contributed by atoms with E-state index in [0.717, 1.165) is 0 Å². The van der Waals surface area contributed by atoms with Gasteiger partial charge in [-0.1, -0.05) is 0 Å². The van der Waals surface area contributed by atoms with Crippen LogP contribution in [0, 0.1) is 0 Å². The minimum Gasteiger partial charge on any atom is -0.481 e. The van der Waals surface area contributed by atoms with Crippen LogP contribution in [-0.4, -0.2) is 29.3 Å². The fourth-order valence-corrected chi connectivity index (χ4v) is 0.332. The van der Waals surface area contributed by atoms with Crippen molar-refractivity contribution in [3.63, 3.8) is 0 Å². The lowest BCUT2D eigenvalue weighted by atomic mass is 10.2. The molecule has 0 fully saturated rings. The maximum Gasteiger partial charge on any atom is 0.303 e. The van der Waals surface area contributed by atoms with Gasteiger partial charge in [-0.15, -0.1) is 0 Å². The van der Waals surface area contributed by atoms with Crippen LogP contribution in [0.4, 0.5) is 0 Å². The summed E-state index contributed by atoms with van der Waals surface area (Å²) in [5, 5.41) is 16.6. The van der Waals surface area contributed by atoms with Gasteiger partial charge in [0.1, 0.15) is 0 Å². The maximum atomic E-state index is 9.79. The smallest absolute Gasteiger partial charge is 0.303 e. The standard InChI is InChI=1S/C5H10O3.CH5N/c1-4(6)2-3-5(7)8;1-2/h4,6H,2-3H2,1H3,(H,7,8);2H2,1H3. The molecule has 0 aromatic rings. The molecule has 62 valence electrons. The second-order valence-corrected chi connectivity index (χ2v) is 1.78. The van der Waals surface area contributed by atoms with Gasteiger partial charge in [0.2, 0.25) is 0 Å². The molecular formula is C6H15NO3. The molecule has 4 heteroatoms. The van der Waals surface area contributed by atoms with Crippen LogP contribution in [0.1, 0.15) is 19.8 Å². The second kappa shape index (κ2) is 8.39. The van der Waals surface area contributed by atoms with Gasteiger partial charge in [-0.25, -0.2) is 0 Å². The highest BCUT2D eigenvalue weighted by molar-refractivity contribution is 5.66. The van der Waals surface area contributed by atoms with Gasteiger partial charge in [-0.05, 0) is 20.4 Å². The van der Waals surface area contributed by atoms with Crippen LogP contribution in [0.25, 0.3) is 0 Å². The zero-order valence-corrected chi connectivity index (χ0v) is 6.37. The van der Waals surface area contributed by atoms with Crippen molar-refractivity contribution in [3.8, 4) is 0 Å². The Kier molecular flexibility index (Phi) is 10.2. The number of carbonyl (C=O) groups is 1. The van der Waals surface area contributed by atoms with Crippen LogP contribution in [-0.2, 0) is 4.79 Å². The normalized spacial score (nSPS) is 11.2. The summed E-state index contributed by atoms with van der Waals surface area (Å²) in [6, 6.07) is 0. The van der Waals surface area contributed by atoms with Crippen LogP contribution in [0.3, 0.4) is 0 Å². The van der Waals surface area contributed by atoms with Gasteiger partial charge in [0.25, 0.3) is 0 Å². The van der Waals surface area contributed by atoms with Crippen molar-refractivity contribution < 1.29 is 15.0 Å². The average Bonchev–Trinajstić information content (AvgIpc) is 1.89. The Labute approximate surface area is 60.7 Å². The predicted octanol–water partition coefficient (Wildman–Crippen LogP) is -0.193. The van der Waals surface area contributed by atoms with Crippen molar-refractivity contribution in [2.75, 3.05) is 7.05 Å². The zero-order chi connectivity index (χ0) is 8.57. The van der Waals surface area contributed by atoms with E-state index >= 15 is 0 Å². The first-order valence-electron chi connectivity index (χ1n) is 3.10. The zero-order valence-electron chi connectivity index (χ0n) is 6.37. The molecule has 4 nitrogen and oxygen atoms in total. The van der Waals surface area contributed by atoms with Crippen LogP contribution in [0.15, 0.2) is 0 Å². The highest BCUT2D eigenvalue weighted by atomic mass is 16.4. The summed E-state index contributed by atoms with van der Waals surface area (Å²) >= 11 is 0. The van der Waals surface area contributed by atoms with Crippen LogP contribution in [0.2, 0.25) is 0 Å². The Bertz CT molecular complexity index is 83.1. The van der Waals surface area contributed by atoms with Crippen molar-refractivity contribution in [2.24, 2.45) is 5.73 Å². The molecule has 0 amide bonds. The molecule has 10 heavy (non-hydrogen) atoms. The van der Waals surface area contributed by atoms with E-state index in [4.69, 9.17) is 10.2 Å². The van der Waals surface area contributed by atoms with Crippen molar-refractivity contribution in [1.82, 2.24) is 0 Å². The lowest BCUT2D eigenvalue weighted by molar-refractivity contribution is -0.137. The number of carboxylic acids is 1. The maximum absolute atomic E-state index is 9.79. The molecular weight excluding hydrogens is 134 g/mol. The van der Waals surface area contributed by atoms with Gasteiger partial charge in [0.05, 0.1) is 6.10 Å². The van der Waals surface area contributed by atoms with Crippen LogP contribution < -0.4 is 5.73 Å². The Balaban J connectivity index is 0. The predicted molar refractivity (Wildman–Crippen MR) is 38.7 cm³/mol. The van der Waals surface area contributed by atoms with Gasteiger partial charge in [0, 0.05) is 6.42 Å². The first kappa shape index (κ1) is 12.1. The van der Waals surface area contributed by atoms with E-state index < -0.39 is 12.1 Å². The highest BCUT2D eigenvalue weighted by Gasteiger charge is 1.99. The Morgan fingerprint density at radius 2 is 2.00 bits per heavy atom. The first-order valence-corrected chi connectivity index (χ1v) is 3.10. The molecule has 1 unspecified atom stereocenters. The molecule has 0 saturated carbocycles. The average molecular weight is 149 g/mol. The third-order valence-corrected chi connectivity index (χ3v) is 0.776. The van der Waals surface area contributed by atoms with E-state index in [1.165, 1.54) is 7.05 Å². The van der Waals surface area contributed by atoms with E-state index in [2.05, 4.69) is 5.73 Å². The summed E-state index contributed by atoms with van der Waals surface area (Å²) < 4.78 is 0. The summed E-state index contributed by atoms with van der Waals surface area (Å²) in [7, 11) is 1.50. The van der Waals surface area contributed by atoms with Gasteiger partial charge in [-0.2, -0.15) is 0 Å². The molecule has 0 radical (unpaired) electrons. The van der Waals surface area contributed by atoms with Crippen molar-refractivity contribution in [2.45, 2.75) is 25.9 Å². The number of hydrogen-bond acceptors (Lipinski definition) is 3. The number of aliphatic hydroxyl groups is 1. The molecule has 0 bridgehead atoms. The fourth-order valence-electron chi connectivity index (χ4n) is 0.332. The number of nitrogens with two attached hydrogens (primary N) is 1. The minimum atomic E-state index is -0.856. The van der Waals surface area contributed by atoms with Gasteiger partial charge in [0.15, 0.2) is 0 Å². The Hall–Kier alpha value is -0.610. The number of rotatable bonds is 3. The first-order chi connectivity index (χ1) is 4.63. The van der Waals surface area contributed by atoms with Crippen molar-refractivity contribution >= 4 is 5.97 Å². The summed E-state index contributed by atoms with van der Waals surface area (Å²) in [6.07, 6.45) is -0.0985. The van der Waals surface area contributed by atoms with E-state index in [9.17, 15) is 4.79 Å². The van der Waals surface area contributed by atoms with Gasteiger partial charge in [-0.3, -0.25) is 4.79 Å². The molecule has 0 rings (SSSR count). The van der Waals surface area contributed by atoms with Crippen LogP contribution in [0.5, 0.6) is 0 Å². The van der Waals surface area contributed by atoms with Crippen molar-refractivity contribution in [3.05, 3.63) is 0 Å². The van der Waals surface area contributed by atoms with E-state index in [1.807, 2.05) is 0 Å². The van der Waals surface area contributed by atoms with Crippen LogP contribution >= 0.6 is 0 Å². The highest BCUT2D eigenvalue weighted by Crippen LogP contribution is 1.93. The molecule has 0 saturated heterocycles. The Morgan fingerprint density at radius 3 is 2.10 bits per heavy atom. The molecule has 0 aromatic carbocycles. The van der Waals surface area contributed by atoms with E-state index in [-0.39, 0.29) is 6.42 Å². The molecule has 0 aliphatic rings. The monoisotopic (exact) mass is 149 g/mol. The molecule has 0 aliphatic carbocycles. The minimum absolute atomic E-state index is 0.0532.